The van der Waals surface area contributed by atoms with E-state index in [1.54, 1.807) is 43.3 Å². The Morgan fingerprint density at radius 1 is 1.08 bits per heavy atom. The number of amides is 4. The first-order valence-electron chi connectivity index (χ1n) is 7.32. The molecule has 2 aromatic rings. The van der Waals surface area contributed by atoms with Crippen LogP contribution in [0.3, 0.4) is 0 Å². The molecule has 2 N–H and O–H groups in total. The number of urea groups is 1. The lowest BCUT2D eigenvalue weighted by Crippen LogP contribution is -2.48. The van der Waals surface area contributed by atoms with Crippen LogP contribution in [-0.4, -0.2) is 22.9 Å². The summed E-state index contributed by atoms with van der Waals surface area (Å²) in [5, 5.41) is 3.47. The lowest BCUT2D eigenvalue weighted by Gasteiger charge is -2.22. The molecule has 1 aliphatic rings. The Kier molecular flexibility index (Phi) is 4.41. The predicted molar refractivity (Wildman–Crippen MR) is 93.1 cm³/mol. The van der Waals surface area contributed by atoms with Gasteiger partial charge in [0.25, 0.3) is 11.8 Å². The molecule has 0 aliphatic carbocycles. The van der Waals surface area contributed by atoms with Gasteiger partial charge in [-0.1, -0.05) is 59.6 Å². The molecule has 0 unspecified atom stereocenters. The molecule has 2 aromatic carbocycles. The van der Waals surface area contributed by atoms with Crippen LogP contribution in [0.1, 0.15) is 22.8 Å². The van der Waals surface area contributed by atoms with Crippen molar-refractivity contribution in [2.75, 3.05) is 0 Å². The summed E-state index contributed by atoms with van der Waals surface area (Å²) in [7, 11) is 0. The summed E-state index contributed by atoms with van der Waals surface area (Å²) in [4.78, 5) is 37.3. The highest BCUT2D eigenvalue weighted by Gasteiger charge is 2.50. The number of halogens is 2. The Hall–Kier alpha value is -2.57. The minimum atomic E-state index is -1.27. The summed E-state index contributed by atoms with van der Waals surface area (Å²) in [6.07, 6.45) is 0. The number of benzene rings is 2. The van der Waals surface area contributed by atoms with E-state index in [1.807, 2.05) is 0 Å². The zero-order valence-electron chi connectivity index (χ0n) is 13.0. The summed E-state index contributed by atoms with van der Waals surface area (Å²) in [6.45, 7) is 1.57. The second-order valence-corrected chi connectivity index (χ2v) is 6.39. The smallest absolute Gasteiger partial charge is 0.318 e. The van der Waals surface area contributed by atoms with Crippen molar-refractivity contribution in [3.63, 3.8) is 0 Å². The molecule has 0 spiro atoms. The van der Waals surface area contributed by atoms with Crippen LogP contribution < -0.4 is 10.7 Å². The molecule has 3 rings (SSSR count). The number of rotatable bonds is 3. The normalized spacial score (nSPS) is 19.7. The van der Waals surface area contributed by atoms with Gasteiger partial charge >= 0.3 is 6.03 Å². The first-order valence-corrected chi connectivity index (χ1v) is 8.07. The van der Waals surface area contributed by atoms with Crippen LogP contribution in [0.25, 0.3) is 0 Å². The number of nitrogens with zero attached hydrogens (tertiary/aromatic N) is 1. The van der Waals surface area contributed by atoms with Crippen molar-refractivity contribution in [3.8, 4) is 0 Å². The monoisotopic (exact) mass is 377 g/mol. The molecule has 25 heavy (non-hydrogen) atoms. The van der Waals surface area contributed by atoms with Gasteiger partial charge in [0.15, 0.2) is 0 Å². The van der Waals surface area contributed by atoms with E-state index >= 15 is 0 Å². The molecule has 1 atom stereocenters. The van der Waals surface area contributed by atoms with Gasteiger partial charge in [-0.2, -0.15) is 5.01 Å². The van der Waals surface area contributed by atoms with Gasteiger partial charge in [-0.05, 0) is 24.6 Å². The standard InChI is InChI=1S/C17H13Cl2N3O3/c1-17(10-6-3-2-4-7-10)15(24)22(16(25)20-17)21-14(23)11-8-5-9-12(18)13(11)19/h2-9H,1H3,(H,20,25)(H,21,23)/t17-/m0/s1. The number of nitrogens with one attached hydrogen (secondary N) is 2. The van der Waals surface area contributed by atoms with E-state index in [1.165, 1.54) is 12.1 Å². The fourth-order valence-corrected chi connectivity index (χ4v) is 2.94. The second kappa shape index (κ2) is 6.38. The molecule has 1 heterocycles. The molecule has 0 radical (unpaired) electrons. The van der Waals surface area contributed by atoms with E-state index < -0.39 is 23.4 Å². The Balaban J connectivity index is 1.86. The van der Waals surface area contributed by atoms with Crippen molar-refractivity contribution >= 4 is 41.0 Å². The maximum atomic E-state index is 12.7. The third-order valence-electron chi connectivity index (χ3n) is 3.95. The topological polar surface area (TPSA) is 78.5 Å². The molecule has 4 amide bonds. The fourth-order valence-electron chi connectivity index (χ4n) is 2.55. The minimum Gasteiger partial charge on any atom is -0.318 e. The van der Waals surface area contributed by atoms with Crippen molar-refractivity contribution in [1.82, 2.24) is 15.8 Å². The van der Waals surface area contributed by atoms with Gasteiger partial charge in [-0.15, -0.1) is 0 Å². The molecule has 1 saturated heterocycles. The summed E-state index contributed by atoms with van der Waals surface area (Å²) in [6, 6.07) is 12.5. The third-order valence-corrected chi connectivity index (χ3v) is 4.77. The van der Waals surface area contributed by atoms with Crippen LogP contribution in [0.2, 0.25) is 10.0 Å². The van der Waals surface area contributed by atoms with Crippen LogP contribution in [0, 0.1) is 0 Å². The van der Waals surface area contributed by atoms with Crippen LogP contribution in [0.5, 0.6) is 0 Å². The predicted octanol–water partition coefficient (Wildman–Crippen LogP) is 3.11. The number of hydrogen-bond donors (Lipinski definition) is 2. The molecule has 1 fully saturated rings. The van der Waals surface area contributed by atoms with Gasteiger partial charge in [0, 0.05) is 0 Å². The minimum absolute atomic E-state index is 0.0412. The highest BCUT2D eigenvalue weighted by Crippen LogP contribution is 2.29. The lowest BCUT2D eigenvalue weighted by atomic mass is 9.92. The maximum Gasteiger partial charge on any atom is 0.344 e. The van der Waals surface area contributed by atoms with E-state index in [9.17, 15) is 14.4 Å². The number of imide groups is 1. The summed E-state index contributed by atoms with van der Waals surface area (Å²) >= 11 is 11.9. The van der Waals surface area contributed by atoms with Gasteiger partial charge in [-0.25, -0.2) is 4.79 Å². The third kappa shape index (κ3) is 2.94. The van der Waals surface area contributed by atoms with Crippen molar-refractivity contribution < 1.29 is 14.4 Å². The Morgan fingerprint density at radius 3 is 2.44 bits per heavy atom. The summed E-state index contributed by atoms with van der Waals surface area (Å²) < 4.78 is 0. The van der Waals surface area contributed by atoms with Gasteiger partial charge in [0.05, 0.1) is 15.6 Å². The largest absolute Gasteiger partial charge is 0.344 e. The molecule has 0 bridgehead atoms. The van der Waals surface area contributed by atoms with E-state index in [4.69, 9.17) is 23.2 Å². The molecule has 6 nitrogen and oxygen atoms in total. The van der Waals surface area contributed by atoms with Crippen LogP contribution >= 0.6 is 23.2 Å². The van der Waals surface area contributed by atoms with Crippen LogP contribution in [0.15, 0.2) is 48.5 Å². The van der Waals surface area contributed by atoms with Crippen LogP contribution in [-0.2, 0) is 10.3 Å². The SMILES string of the molecule is C[C@@]1(c2ccccc2)NC(=O)N(NC(=O)c2cccc(Cl)c2Cl)C1=O. The highest BCUT2D eigenvalue weighted by atomic mass is 35.5. The van der Waals surface area contributed by atoms with Gasteiger partial charge < -0.3 is 5.32 Å². The summed E-state index contributed by atoms with van der Waals surface area (Å²) in [5.74, 6) is -1.32. The first kappa shape index (κ1) is 17.3. The van der Waals surface area contributed by atoms with Crippen molar-refractivity contribution in [1.29, 1.82) is 0 Å². The number of hydrazine groups is 1. The van der Waals surface area contributed by atoms with E-state index in [0.717, 1.165) is 0 Å². The van der Waals surface area contributed by atoms with Gasteiger partial charge in [0.1, 0.15) is 5.54 Å². The average molecular weight is 378 g/mol. The molecular weight excluding hydrogens is 365 g/mol. The van der Waals surface area contributed by atoms with E-state index in [-0.39, 0.29) is 15.6 Å². The quantitative estimate of drug-likeness (QED) is 0.806. The highest BCUT2D eigenvalue weighted by molar-refractivity contribution is 6.43. The fraction of sp³-hybridized carbons (Fsp3) is 0.118. The molecule has 8 heteroatoms. The second-order valence-electron chi connectivity index (χ2n) is 5.60. The Labute approximate surface area is 153 Å². The zero-order chi connectivity index (χ0) is 18.2. The number of carbonyl (C=O) groups excluding carboxylic acids is 3. The molecule has 128 valence electrons. The Morgan fingerprint density at radius 2 is 1.76 bits per heavy atom. The van der Waals surface area contributed by atoms with Crippen molar-refractivity contribution in [2.45, 2.75) is 12.5 Å². The molecule has 0 aromatic heterocycles. The van der Waals surface area contributed by atoms with Crippen molar-refractivity contribution in [3.05, 3.63) is 69.7 Å². The van der Waals surface area contributed by atoms with Crippen LogP contribution in [0.4, 0.5) is 4.79 Å². The average Bonchev–Trinajstić information content (AvgIpc) is 2.82. The van der Waals surface area contributed by atoms with Gasteiger partial charge in [-0.3, -0.25) is 15.0 Å². The summed E-state index contributed by atoms with van der Waals surface area (Å²) in [5.41, 5.74) is 1.66. The number of hydrogen-bond acceptors (Lipinski definition) is 3. The van der Waals surface area contributed by atoms with E-state index in [2.05, 4.69) is 10.7 Å². The van der Waals surface area contributed by atoms with Gasteiger partial charge in [0.2, 0.25) is 0 Å². The Bertz CT molecular complexity index is 873. The van der Waals surface area contributed by atoms with Crippen molar-refractivity contribution in [2.24, 2.45) is 0 Å². The maximum absolute atomic E-state index is 12.7. The number of carbonyl (C=O) groups is 3. The van der Waals surface area contributed by atoms with E-state index in [0.29, 0.717) is 10.6 Å². The molecular formula is C17H13Cl2N3O3. The first-order chi connectivity index (χ1) is 11.8. The lowest BCUT2D eigenvalue weighted by molar-refractivity contribution is -0.132. The molecule has 1 aliphatic heterocycles. The zero-order valence-corrected chi connectivity index (χ0v) is 14.6. The molecule has 0 saturated carbocycles.